The maximum absolute atomic E-state index is 13.0. The van der Waals surface area contributed by atoms with Crippen molar-refractivity contribution in [2.24, 2.45) is 11.7 Å². The zero-order chi connectivity index (χ0) is 25.4. The molecule has 0 radical (unpaired) electrons. The maximum atomic E-state index is 13.0. The molecule has 1 heterocycles. The first-order valence-electron chi connectivity index (χ1n) is 11.4. The summed E-state index contributed by atoms with van der Waals surface area (Å²) in [6.45, 7) is 3.91. The van der Waals surface area contributed by atoms with E-state index in [1.54, 1.807) is 19.1 Å². The summed E-state index contributed by atoms with van der Waals surface area (Å²) < 4.78 is 0. The summed E-state index contributed by atoms with van der Waals surface area (Å²) in [7, 11) is 0. The second-order valence-electron chi connectivity index (χ2n) is 8.62. The standard InChI is InChI=1S/C23H34N4O6S/c1-3-13(2)19(23(32)33)26-20(29)17(12-34)25-21(30)18-5-4-10-27(18)22(31)16(24)11-14-6-8-15(28)9-7-14/h6-9,13,16-19,28,34H,3-5,10-12,24H2,1-2H3,(H,25,30)(H,26,29)(H,32,33). The van der Waals surface area contributed by atoms with Crippen molar-refractivity contribution in [1.29, 1.82) is 0 Å². The highest BCUT2D eigenvalue weighted by Crippen LogP contribution is 2.20. The second kappa shape index (κ2) is 12.6. The lowest BCUT2D eigenvalue weighted by Crippen LogP contribution is -2.58. The monoisotopic (exact) mass is 494 g/mol. The quantitative estimate of drug-likeness (QED) is 0.241. The van der Waals surface area contributed by atoms with E-state index in [0.29, 0.717) is 25.8 Å². The summed E-state index contributed by atoms with van der Waals surface area (Å²) in [5, 5.41) is 23.9. The molecule has 0 spiro atoms. The first kappa shape index (κ1) is 27.5. The Morgan fingerprint density at radius 1 is 1.21 bits per heavy atom. The smallest absolute Gasteiger partial charge is 0.326 e. The van der Waals surface area contributed by atoms with E-state index in [-0.39, 0.29) is 29.7 Å². The van der Waals surface area contributed by atoms with Gasteiger partial charge in [0, 0.05) is 12.3 Å². The van der Waals surface area contributed by atoms with Crippen LogP contribution in [0.15, 0.2) is 24.3 Å². The molecule has 0 bridgehead atoms. The van der Waals surface area contributed by atoms with E-state index < -0.39 is 42.0 Å². The number of aliphatic carboxylic acids is 1. The maximum Gasteiger partial charge on any atom is 0.326 e. The number of thiol groups is 1. The zero-order valence-corrected chi connectivity index (χ0v) is 20.3. The van der Waals surface area contributed by atoms with Gasteiger partial charge < -0.3 is 31.5 Å². The second-order valence-corrected chi connectivity index (χ2v) is 8.99. The van der Waals surface area contributed by atoms with Crippen LogP contribution < -0.4 is 16.4 Å². The van der Waals surface area contributed by atoms with Crippen molar-refractivity contribution in [1.82, 2.24) is 15.5 Å². The number of nitrogens with one attached hydrogen (secondary N) is 2. The number of carbonyl (C=O) groups is 4. The molecule has 5 unspecified atom stereocenters. The molecule has 2 rings (SSSR count). The van der Waals surface area contributed by atoms with Crippen molar-refractivity contribution < 1.29 is 29.4 Å². The fourth-order valence-corrected chi connectivity index (χ4v) is 4.15. The summed E-state index contributed by atoms with van der Waals surface area (Å²) in [4.78, 5) is 51.5. The number of hydrogen-bond donors (Lipinski definition) is 6. The van der Waals surface area contributed by atoms with E-state index in [1.165, 1.54) is 17.0 Å². The van der Waals surface area contributed by atoms with E-state index in [4.69, 9.17) is 5.73 Å². The van der Waals surface area contributed by atoms with Crippen LogP contribution in [0.1, 0.15) is 38.7 Å². The first-order chi connectivity index (χ1) is 16.1. The SMILES string of the molecule is CCC(C)C(NC(=O)C(CS)NC(=O)C1CCCN1C(=O)C(N)Cc1ccc(O)cc1)C(=O)O. The van der Waals surface area contributed by atoms with E-state index in [0.717, 1.165) is 5.56 Å². The highest BCUT2D eigenvalue weighted by atomic mass is 32.1. The minimum atomic E-state index is -1.15. The van der Waals surface area contributed by atoms with Crippen molar-refractivity contribution in [2.75, 3.05) is 12.3 Å². The minimum Gasteiger partial charge on any atom is -0.508 e. The number of nitrogens with two attached hydrogens (primary N) is 1. The highest BCUT2D eigenvalue weighted by Gasteiger charge is 2.38. The van der Waals surface area contributed by atoms with Crippen LogP contribution in [0.25, 0.3) is 0 Å². The number of hydrogen-bond acceptors (Lipinski definition) is 7. The molecule has 1 aromatic carbocycles. The largest absolute Gasteiger partial charge is 0.508 e. The molecule has 10 nitrogen and oxygen atoms in total. The molecule has 1 aromatic rings. The molecule has 0 aliphatic carbocycles. The van der Waals surface area contributed by atoms with Gasteiger partial charge in [-0.25, -0.2) is 4.79 Å². The predicted molar refractivity (Wildman–Crippen MR) is 129 cm³/mol. The van der Waals surface area contributed by atoms with Crippen molar-refractivity contribution in [3.63, 3.8) is 0 Å². The van der Waals surface area contributed by atoms with Gasteiger partial charge in [0.1, 0.15) is 23.9 Å². The average molecular weight is 495 g/mol. The number of nitrogens with zero attached hydrogens (tertiary/aromatic N) is 1. The van der Waals surface area contributed by atoms with Crippen molar-refractivity contribution in [3.05, 3.63) is 29.8 Å². The lowest BCUT2D eigenvalue weighted by Gasteiger charge is -2.28. The molecule has 1 aliphatic rings. The van der Waals surface area contributed by atoms with Crippen LogP contribution in [0.2, 0.25) is 0 Å². The number of carboxylic acids is 1. The Bertz CT molecular complexity index is 881. The molecule has 5 atom stereocenters. The van der Waals surface area contributed by atoms with E-state index in [9.17, 15) is 29.4 Å². The fourth-order valence-electron chi connectivity index (χ4n) is 3.89. The molecule has 1 fully saturated rings. The number of amides is 3. The molecule has 1 saturated heterocycles. The van der Waals surface area contributed by atoms with E-state index in [1.807, 2.05) is 6.92 Å². The van der Waals surface area contributed by atoms with Gasteiger partial charge in [-0.2, -0.15) is 12.6 Å². The summed E-state index contributed by atoms with van der Waals surface area (Å²) in [6, 6.07) is 2.60. The molecule has 3 amide bonds. The third kappa shape index (κ3) is 7.10. The van der Waals surface area contributed by atoms with Crippen molar-refractivity contribution in [3.8, 4) is 5.75 Å². The van der Waals surface area contributed by atoms with E-state index >= 15 is 0 Å². The average Bonchev–Trinajstić information content (AvgIpc) is 3.30. The number of likely N-dealkylation sites (tertiary alicyclic amines) is 1. The van der Waals surface area contributed by atoms with Gasteiger partial charge in [-0.15, -0.1) is 0 Å². The highest BCUT2D eigenvalue weighted by molar-refractivity contribution is 7.80. The van der Waals surface area contributed by atoms with Gasteiger partial charge >= 0.3 is 5.97 Å². The molecule has 0 aromatic heterocycles. The minimum absolute atomic E-state index is 0.0363. The molecule has 6 N–H and O–H groups in total. The topological polar surface area (TPSA) is 162 Å². The van der Waals surface area contributed by atoms with Crippen LogP contribution in [0.5, 0.6) is 5.75 Å². The van der Waals surface area contributed by atoms with Gasteiger partial charge in [0.15, 0.2) is 0 Å². The van der Waals surface area contributed by atoms with Gasteiger partial charge in [0.2, 0.25) is 17.7 Å². The molecule has 188 valence electrons. The van der Waals surface area contributed by atoms with E-state index in [2.05, 4.69) is 23.3 Å². The normalized spacial score (nSPS) is 19.1. The Labute approximate surface area is 204 Å². The number of aromatic hydroxyl groups is 1. The lowest BCUT2D eigenvalue weighted by molar-refractivity contribution is -0.144. The van der Waals surface area contributed by atoms with Gasteiger partial charge in [-0.3, -0.25) is 14.4 Å². The number of phenols is 1. The van der Waals surface area contributed by atoms with Crippen LogP contribution in [0, 0.1) is 5.92 Å². The third-order valence-electron chi connectivity index (χ3n) is 6.14. The number of benzene rings is 1. The number of carboxylic acid groups (broad SMARTS) is 1. The van der Waals surface area contributed by atoms with Crippen LogP contribution in [-0.4, -0.2) is 75.3 Å². The summed E-state index contributed by atoms with van der Waals surface area (Å²) in [5.74, 6) is -2.89. The number of phenolic OH excluding ortho intramolecular Hbond substituents is 1. The zero-order valence-electron chi connectivity index (χ0n) is 19.4. The molecule has 1 aliphatic heterocycles. The Hall–Kier alpha value is -2.79. The Morgan fingerprint density at radius 3 is 2.41 bits per heavy atom. The third-order valence-corrected chi connectivity index (χ3v) is 6.51. The predicted octanol–water partition coefficient (Wildman–Crippen LogP) is 0.283. The summed E-state index contributed by atoms with van der Waals surface area (Å²) in [5.41, 5.74) is 6.89. The molecule has 0 saturated carbocycles. The Morgan fingerprint density at radius 2 is 1.85 bits per heavy atom. The molecule has 11 heteroatoms. The lowest BCUT2D eigenvalue weighted by atomic mass is 9.99. The molecular weight excluding hydrogens is 460 g/mol. The molecule has 34 heavy (non-hydrogen) atoms. The summed E-state index contributed by atoms with van der Waals surface area (Å²) in [6.07, 6.45) is 1.84. The van der Waals surface area contributed by atoms with Crippen LogP contribution in [-0.2, 0) is 25.6 Å². The Balaban J connectivity index is 2.02. The van der Waals surface area contributed by atoms with Crippen LogP contribution in [0.4, 0.5) is 0 Å². The van der Waals surface area contributed by atoms with Crippen LogP contribution in [0.3, 0.4) is 0 Å². The van der Waals surface area contributed by atoms with Gasteiger partial charge in [0.05, 0.1) is 6.04 Å². The fraction of sp³-hybridized carbons (Fsp3) is 0.565. The van der Waals surface area contributed by atoms with Crippen molar-refractivity contribution in [2.45, 2.75) is 63.7 Å². The molecular formula is C23H34N4O6S. The van der Waals surface area contributed by atoms with Crippen LogP contribution >= 0.6 is 12.6 Å². The van der Waals surface area contributed by atoms with Gasteiger partial charge in [0.25, 0.3) is 0 Å². The van der Waals surface area contributed by atoms with Gasteiger partial charge in [-0.05, 0) is 42.9 Å². The number of carbonyl (C=O) groups excluding carboxylic acids is 3. The Kier molecular flexibility index (Phi) is 10.2. The van der Waals surface area contributed by atoms with Crippen molar-refractivity contribution >= 4 is 36.3 Å². The number of rotatable bonds is 11. The first-order valence-corrected chi connectivity index (χ1v) is 12.0. The van der Waals surface area contributed by atoms with Gasteiger partial charge in [-0.1, -0.05) is 32.4 Å². The summed E-state index contributed by atoms with van der Waals surface area (Å²) >= 11 is 4.14.